The second-order valence-corrected chi connectivity index (χ2v) is 9.82. The van der Waals surface area contributed by atoms with Gasteiger partial charge in [-0.05, 0) is 49.6 Å². The van der Waals surface area contributed by atoms with Crippen LogP contribution in [0, 0.1) is 0 Å². The Bertz CT molecular complexity index is 906. The van der Waals surface area contributed by atoms with E-state index in [0.29, 0.717) is 32.8 Å². The number of nitrogens with one attached hydrogen (secondary N) is 1. The fourth-order valence-corrected chi connectivity index (χ4v) is 4.77. The molecular formula is C24H29Cl3N2O2S. The van der Waals surface area contributed by atoms with Crippen LogP contribution < -0.4 is 5.32 Å². The molecule has 0 fully saturated rings. The maximum absolute atomic E-state index is 13.3. The first kappa shape index (κ1) is 26.8. The Morgan fingerprint density at radius 1 is 1.03 bits per heavy atom. The smallest absolute Gasteiger partial charge is 0.243 e. The number of thioether (sulfide) groups is 1. The minimum absolute atomic E-state index is 0.0228. The highest BCUT2D eigenvalue weighted by atomic mass is 35.5. The number of benzene rings is 2. The summed E-state index contributed by atoms with van der Waals surface area (Å²) in [5.41, 5.74) is 1.68. The molecule has 1 N–H and O–H groups in total. The molecule has 0 radical (unpaired) electrons. The van der Waals surface area contributed by atoms with E-state index in [0.717, 1.165) is 12.0 Å². The second kappa shape index (κ2) is 13.3. The molecule has 0 saturated carbocycles. The quantitative estimate of drug-likeness (QED) is 0.367. The first-order chi connectivity index (χ1) is 15.3. The maximum atomic E-state index is 13.3. The predicted octanol–water partition coefficient (Wildman–Crippen LogP) is 6.60. The van der Waals surface area contributed by atoms with E-state index < -0.39 is 6.04 Å². The minimum Gasteiger partial charge on any atom is -0.352 e. The van der Waals surface area contributed by atoms with Gasteiger partial charge in [-0.25, -0.2) is 0 Å². The zero-order valence-corrected chi connectivity index (χ0v) is 21.6. The van der Waals surface area contributed by atoms with Crippen LogP contribution in [0.15, 0.2) is 42.5 Å². The summed E-state index contributed by atoms with van der Waals surface area (Å²) in [6, 6.07) is 12.2. The number of halogens is 3. The molecule has 0 aliphatic rings. The lowest BCUT2D eigenvalue weighted by atomic mass is 10.1. The van der Waals surface area contributed by atoms with Gasteiger partial charge in [0, 0.05) is 39.0 Å². The minimum atomic E-state index is -0.615. The summed E-state index contributed by atoms with van der Waals surface area (Å²) in [5.74, 6) is 0.558. The van der Waals surface area contributed by atoms with Crippen LogP contribution in [0.5, 0.6) is 0 Å². The van der Waals surface area contributed by atoms with Gasteiger partial charge in [0.15, 0.2) is 0 Å². The molecule has 8 heteroatoms. The molecule has 0 aromatic heterocycles. The number of nitrogens with zero attached hydrogens (tertiary/aromatic N) is 1. The normalized spacial score (nSPS) is 12.8. The Balaban J connectivity index is 2.21. The molecule has 2 aromatic rings. The van der Waals surface area contributed by atoms with Crippen molar-refractivity contribution >= 4 is 58.4 Å². The van der Waals surface area contributed by atoms with E-state index >= 15 is 0 Å². The highest BCUT2D eigenvalue weighted by molar-refractivity contribution is 7.99. The lowest BCUT2D eigenvalue weighted by Crippen LogP contribution is -2.51. The lowest BCUT2D eigenvalue weighted by molar-refractivity contribution is -0.139. The highest BCUT2D eigenvalue weighted by Gasteiger charge is 2.30. The monoisotopic (exact) mass is 514 g/mol. The summed E-state index contributed by atoms with van der Waals surface area (Å²) in [7, 11) is 0. The first-order valence-electron chi connectivity index (χ1n) is 10.6. The number of amides is 2. The topological polar surface area (TPSA) is 49.4 Å². The molecule has 174 valence electrons. The highest BCUT2D eigenvalue weighted by Crippen LogP contribution is 2.27. The largest absolute Gasteiger partial charge is 0.352 e. The third kappa shape index (κ3) is 7.87. The molecule has 0 aliphatic carbocycles. The molecule has 0 bridgehead atoms. The standard InChI is InChI=1S/C24H29Cl3N2O2S/c1-4-16(3)28-24(31)22(5-2)29(13-19-20(26)10-7-11-21(19)27)23(30)15-32-14-17-8-6-9-18(25)12-17/h6-12,16,22H,4-5,13-15H2,1-3H3,(H,28,31)/t16-,22-/m0/s1. The van der Waals surface area contributed by atoms with Gasteiger partial charge >= 0.3 is 0 Å². The molecular weight excluding hydrogens is 487 g/mol. The van der Waals surface area contributed by atoms with Crippen molar-refractivity contribution in [2.75, 3.05) is 5.75 Å². The predicted molar refractivity (Wildman–Crippen MR) is 137 cm³/mol. The van der Waals surface area contributed by atoms with Crippen LogP contribution >= 0.6 is 46.6 Å². The third-order valence-electron chi connectivity index (χ3n) is 5.16. The van der Waals surface area contributed by atoms with Crippen molar-refractivity contribution in [2.45, 2.75) is 58.0 Å². The van der Waals surface area contributed by atoms with E-state index in [4.69, 9.17) is 34.8 Å². The van der Waals surface area contributed by atoms with Crippen LogP contribution in [-0.4, -0.2) is 34.6 Å². The van der Waals surface area contributed by atoms with Gasteiger partial charge < -0.3 is 10.2 Å². The van der Waals surface area contributed by atoms with Crippen molar-refractivity contribution in [1.29, 1.82) is 0 Å². The Labute approximate surface area is 210 Å². The van der Waals surface area contributed by atoms with E-state index in [1.807, 2.05) is 45.0 Å². The van der Waals surface area contributed by atoms with Crippen molar-refractivity contribution in [3.8, 4) is 0 Å². The summed E-state index contributed by atoms with van der Waals surface area (Å²) in [6.45, 7) is 6.02. The van der Waals surface area contributed by atoms with Gasteiger partial charge in [0.25, 0.3) is 0 Å². The SMILES string of the molecule is CC[C@H](C)NC(=O)[C@H](CC)N(Cc1c(Cl)cccc1Cl)C(=O)CSCc1cccc(Cl)c1. The lowest BCUT2D eigenvalue weighted by Gasteiger charge is -2.32. The fourth-order valence-electron chi connectivity index (χ4n) is 3.18. The van der Waals surface area contributed by atoms with Gasteiger partial charge in [-0.3, -0.25) is 9.59 Å². The maximum Gasteiger partial charge on any atom is 0.243 e. The Morgan fingerprint density at radius 3 is 2.28 bits per heavy atom. The zero-order valence-electron chi connectivity index (χ0n) is 18.5. The van der Waals surface area contributed by atoms with Gasteiger partial charge in [-0.2, -0.15) is 0 Å². The van der Waals surface area contributed by atoms with Crippen LogP contribution in [0.1, 0.15) is 44.7 Å². The third-order valence-corrected chi connectivity index (χ3v) is 7.09. The van der Waals surface area contributed by atoms with Gasteiger partial charge in [-0.1, -0.05) is 66.8 Å². The van der Waals surface area contributed by atoms with Gasteiger partial charge in [0.1, 0.15) is 6.04 Å². The first-order valence-corrected chi connectivity index (χ1v) is 12.9. The van der Waals surface area contributed by atoms with Crippen LogP contribution in [-0.2, 0) is 21.9 Å². The molecule has 2 aromatic carbocycles. The van der Waals surface area contributed by atoms with E-state index in [1.165, 1.54) is 11.8 Å². The fraction of sp³-hybridized carbons (Fsp3) is 0.417. The Morgan fingerprint density at radius 2 is 1.69 bits per heavy atom. The van der Waals surface area contributed by atoms with Crippen molar-refractivity contribution in [2.24, 2.45) is 0 Å². The number of hydrogen-bond acceptors (Lipinski definition) is 3. The molecule has 32 heavy (non-hydrogen) atoms. The summed E-state index contributed by atoms with van der Waals surface area (Å²) in [6.07, 6.45) is 1.29. The molecule has 0 unspecified atom stereocenters. The molecule has 0 saturated heterocycles. The average Bonchev–Trinajstić information content (AvgIpc) is 2.75. The summed E-state index contributed by atoms with van der Waals surface area (Å²) < 4.78 is 0. The molecule has 4 nitrogen and oxygen atoms in total. The van der Waals surface area contributed by atoms with E-state index in [1.54, 1.807) is 23.1 Å². The second-order valence-electron chi connectivity index (χ2n) is 7.59. The molecule has 0 spiro atoms. The van der Waals surface area contributed by atoms with Crippen molar-refractivity contribution in [3.05, 3.63) is 68.7 Å². The van der Waals surface area contributed by atoms with E-state index in [-0.39, 0.29) is 30.2 Å². The number of carbonyl (C=O) groups is 2. The van der Waals surface area contributed by atoms with Crippen LogP contribution in [0.4, 0.5) is 0 Å². The van der Waals surface area contributed by atoms with Crippen LogP contribution in [0.25, 0.3) is 0 Å². The number of hydrogen-bond donors (Lipinski definition) is 1. The molecule has 2 atom stereocenters. The van der Waals surface area contributed by atoms with E-state index in [2.05, 4.69) is 5.32 Å². The zero-order chi connectivity index (χ0) is 23.7. The van der Waals surface area contributed by atoms with Crippen molar-refractivity contribution < 1.29 is 9.59 Å². The van der Waals surface area contributed by atoms with E-state index in [9.17, 15) is 9.59 Å². The Hall–Kier alpha value is -1.40. The van der Waals surface area contributed by atoms with Crippen molar-refractivity contribution in [3.63, 3.8) is 0 Å². The summed E-state index contributed by atoms with van der Waals surface area (Å²) in [5, 5.41) is 4.61. The molecule has 2 amide bonds. The Kier molecular flexibility index (Phi) is 11.2. The average molecular weight is 516 g/mol. The summed E-state index contributed by atoms with van der Waals surface area (Å²) in [4.78, 5) is 27.9. The van der Waals surface area contributed by atoms with Crippen molar-refractivity contribution in [1.82, 2.24) is 10.2 Å². The number of carbonyl (C=O) groups excluding carboxylic acids is 2. The summed E-state index contributed by atoms with van der Waals surface area (Å²) >= 11 is 20.3. The van der Waals surface area contributed by atoms with Crippen LogP contribution in [0.2, 0.25) is 15.1 Å². The van der Waals surface area contributed by atoms with Gasteiger partial charge in [-0.15, -0.1) is 11.8 Å². The van der Waals surface area contributed by atoms with Gasteiger partial charge in [0.2, 0.25) is 11.8 Å². The van der Waals surface area contributed by atoms with Crippen LogP contribution in [0.3, 0.4) is 0 Å². The van der Waals surface area contributed by atoms with Gasteiger partial charge in [0.05, 0.1) is 5.75 Å². The number of rotatable bonds is 11. The molecule has 2 rings (SSSR count). The molecule has 0 heterocycles. The molecule has 0 aliphatic heterocycles.